The summed E-state index contributed by atoms with van der Waals surface area (Å²) < 4.78 is 25.3. The zero-order valence-corrected chi connectivity index (χ0v) is 10.5. The summed E-state index contributed by atoms with van der Waals surface area (Å²) in [6.07, 6.45) is 0. The van der Waals surface area contributed by atoms with Crippen molar-refractivity contribution in [2.45, 2.75) is 6.92 Å². The van der Waals surface area contributed by atoms with Crippen molar-refractivity contribution in [2.75, 3.05) is 30.2 Å². The van der Waals surface area contributed by atoms with E-state index >= 15 is 0 Å². The minimum absolute atomic E-state index is 0.117. The number of hydrogen-bond acceptors (Lipinski definition) is 3. The van der Waals surface area contributed by atoms with Crippen molar-refractivity contribution >= 4 is 15.7 Å². The van der Waals surface area contributed by atoms with Crippen molar-refractivity contribution < 1.29 is 8.42 Å². The molecule has 4 nitrogen and oxygen atoms in total. The maximum Gasteiger partial charge on any atom is 0.234 e. The smallest absolute Gasteiger partial charge is 0.234 e. The maximum absolute atomic E-state index is 11.9. The van der Waals surface area contributed by atoms with Gasteiger partial charge in [0.25, 0.3) is 0 Å². The molecule has 1 N–H and O–H groups in total. The molecule has 0 fully saturated rings. The van der Waals surface area contributed by atoms with Gasteiger partial charge in [-0.15, -0.1) is 0 Å². The van der Waals surface area contributed by atoms with Crippen LogP contribution in [0.25, 0.3) is 0 Å². The molecule has 1 aromatic rings. The van der Waals surface area contributed by atoms with Gasteiger partial charge in [-0.05, 0) is 26.1 Å². The summed E-state index contributed by atoms with van der Waals surface area (Å²) in [6.45, 7) is 2.75. The van der Waals surface area contributed by atoms with E-state index in [1.807, 2.05) is 37.4 Å². The summed E-state index contributed by atoms with van der Waals surface area (Å²) >= 11 is 0. The number of nitrogens with one attached hydrogen (secondary N) is 1. The molecule has 0 saturated heterocycles. The number of sulfonamides is 1. The SMILES string of the molecule is CCS(=O)(=O)N(CCNC)c1ccccc1. The summed E-state index contributed by atoms with van der Waals surface area (Å²) in [5.41, 5.74) is 0.722. The van der Waals surface area contributed by atoms with Crippen LogP contribution in [-0.2, 0) is 10.0 Å². The molecule has 0 bridgehead atoms. The van der Waals surface area contributed by atoms with E-state index < -0.39 is 10.0 Å². The fraction of sp³-hybridized carbons (Fsp3) is 0.455. The molecule has 0 aliphatic carbocycles. The highest BCUT2D eigenvalue weighted by Gasteiger charge is 2.19. The van der Waals surface area contributed by atoms with Gasteiger partial charge in [-0.1, -0.05) is 18.2 Å². The third kappa shape index (κ3) is 3.21. The standard InChI is InChI=1S/C11H18N2O2S/c1-3-16(14,15)13(10-9-12-2)11-7-5-4-6-8-11/h4-8,12H,3,9-10H2,1-2H3. The van der Waals surface area contributed by atoms with Crippen LogP contribution in [0.2, 0.25) is 0 Å². The van der Waals surface area contributed by atoms with Crippen LogP contribution in [0.3, 0.4) is 0 Å². The highest BCUT2D eigenvalue weighted by atomic mass is 32.2. The van der Waals surface area contributed by atoms with E-state index in [0.717, 1.165) is 5.69 Å². The van der Waals surface area contributed by atoms with Gasteiger partial charge in [-0.3, -0.25) is 4.31 Å². The minimum Gasteiger partial charge on any atom is -0.318 e. The molecule has 0 amide bonds. The summed E-state index contributed by atoms with van der Waals surface area (Å²) in [6, 6.07) is 9.17. The molecule has 5 heteroatoms. The van der Waals surface area contributed by atoms with Gasteiger partial charge >= 0.3 is 0 Å². The Hall–Kier alpha value is -1.07. The summed E-state index contributed by atoms with van der Waals surface area (Å²) in [5, 5.41) is 2.96. The fourth-order valence-electron chi connectivity index (χ4n) is 1.39. The molecule has 1 aromatic carbocycles. The van der Waals surface area contributed by atoms with Crippen molar-refractivity contribution in [3.05, 3.63) is 30.3 Å². The lowest BCUT2D eigenvalue weighted by molar-refractivity contribution is 0.590. The highest BCUT2D eigenvalue weighted by Crippen LogP contribution is 2.16. The molecule has 0 aliphatic rings. The van der Waals surface area contributed by atoms with Gasteiger partial charge in [0.05, 0.1) is 11.4 Å². The maximum atomic E-state index is 11.9. The van der Waals surface area contributed by atoms with Crippen LogP contribution in [0.15, 0.2) is 30.3 Å². The molecule has 0 radical (unpaired) electrons. The van der Waals surface area contributed by atoms with Crippen molar-refractivity contribution in [3.63, 3.8) is 0 Å². The predicted molar refractivity (Wildman–Crippen MR) is 67.2 cm³/mol. The van der Waals surface area contributed by atoms with Crippen LogP contribution < -0.4 is 9.62 Å². The van der Waals surface area contributed by atoms with Crippen molar-refractivity contribution in [1.82, 2.24) is 5.32 Å². The van der Waals surface area contributed by atoms with Gasteiger partial charge in [0.1, 0.15) is 0 Å². The molecule has 0 saturated carbocycles. The van der Waals surface area contributed by atoms with Crippen molar-refractivity contribution in [3.8, 4) is 0 Å². The summed E-state index contributed by atoms with van der Waals surface area (Å²) in [5.74, 6) is 0.117. The average Bonchev–Trinajstić information content (AvgIpc) is 2.31. The lowest BCUT2D eigenvalue weighted by Gasteiger charge is -2.23. The van der Waals surface area contributed by atoms with Crippen LogP contribution in [0, 0.1) is 0 Å². The monoisotopic (exact) mass is 242 g/mol. The molecule has 90 valence electrons. The number of anilines is 1. The Morgan fingerprint density at radius 3 is 2.38 bits per heavy atom. The zero-order chi connectivity index (χ0) is 12.0. The van der Waals surface area contributed by atoms with Gasteiger partial charge in [0.2, 0.25) is 10.0 Å². The fourth-order valence-corrected chi connectivity index (χ4v) is 2.52. The van der Waals surface area contributed by atoms with Crippen LogP contribution in [0.1, 0.15) is 6.92 Å². The molecule has 0 atom stereocenters. The predicted octanol–water partition coefficient (Wildman–Crippen LogP) is 1.06. The molecule has 0 heterocycles. The van der Waals surface area contributed by atoms with Crippen LogP contribution in [-0.4, -0.2) is 34.3 Å². The van der Waals surface area contributed by atoms with Gasteiger partial charge < -0.3 is 5.32 Å². The first-order valence-corrected chi connectivity index (χ1v) is 6.92. The van der Waals surface area contributed by atoms with E-state index in [1.165, 1.54) is 4.31 Å². The van der Waals surface area contributed by atoms with Crippen LogP contribution in [0.4, 0.5) is 5.69 Å². The van der Waals surface area contributed by atoms with Gasteiger partial charge in [-0.25, -0.2) is 8.42 Å². The number of likely N-dealkylation sites (N-methyl/N-ethyl adjacent to an activating group) is 1. The molecule has 0 aliphatic heterocycles. The molecule has 1 rings (SSSR count). The van der Waals surface area contributed by atoms with E-state index in [0.29, 0.717) is 13.1 Å². The minimum atomic E-state index is -3.19. The van der Waals surface area contributed by atoms with Crippen molar-refractivity contribution in [2.24, 2.45) is 0 Å². The number of benzene rings is 1. The second-order valence-corrected chi connectivity index (χ2v) is 5.59. The zero-order valence-electron chi connectivity index (χ0n) is 9.68. The molecule has 16 heavy (non-hydrogen) atoms. The first-order chi connectivity index (χ1) is 7.61. The Morgan fingerprint density at radius 2 is 1.88 bits per heavy atom. The Labute approximate surface area is 97.3 Å². The molecular formula is C11H18N2O2S. The quantitative estimate of drug-likeness (QED) is 0.811. The second-order valence-electron chi connectivity index (χ2n) is 3.41. The Bertz CT molecular complexity index is 403. The first kappa shape index (κ1) is 13.0. The topological polar surface area (TPSA) is 49.4 Å². The van der Waals surface area contributed by atoms with E-state index in [1.54, 1.807) is 6.92 Å². The summed E-state index contributed by atoms with van der Waals surface area (Å²) in [4.78, 5) is 0. The van der Waals surface area contributed by atoms with Gasteiger partial charge in [-0.2, -0.15) is 0 Å². The number of hydrogen-bond donors (Lipinski definition) is 1. The largest absolute Gasteiger partial charge is 0.318 e. The van der Waals surface area contributed by atoms with E-state index in [4.69, 9.17) is 0 Å². The third-order valence-electron chi connectivity index (χ3n) is 2.31. The van der Waals surface area contributed by atoms with E-state index in [-0.39, 0.29) is 5.75 Å². The molecule has 0 aromatic heterocycles. The highest BCUT2D eigenvalue weighted by molar-refractivity contribution is 7.92. The van der Waals surface area contributed by atoms with Gasteiger partial charge in [0, 0.05) is 13.1 Å². The Morgan fingerprint density at radius 1 is 1.25 bits per heavy atom. The van der Waals surface area contributed by atoms with E-state index in [2.05, 4.69) is 5.32 Å². The number of rotatable bonds is 6. The first-order valence-electron chi connectivity index (χ1n) is 5.32. The molecule has 0 unspecified atom stereocenters. The number of para-hydroxylation sites is 1. The van der Waals surface area contributed by atoms with Crippen LogP contribution in [0.5, 0.6) is 0 Å². The number of nitrogens with zero attached hydrogens (tertiary/aromatic N) is 1. The lowest BCUT2D eigenvalue weighted by Crippen LogP contribution is -2.37. The third-order valence-corrected chi connectivity index (χ3v) is 4.10. The summed E-state index contributed by atoms with van der Waals surface area (Å²) in [7, 11) is -1.38. The Balaban J connectivity index is 2.97. The van der Waals surface area contributed by atoms with Crippen LogP contribution >= 0.6 is 0 Å². The van der Waals surface area contributed by atoms with Crippen molar-refractivity contribution in [1.29, 1.82) is 0 Å². The molecule has 0 spiro atoms. The Kier molecular flexibility index (Phi) is 4.76. The second kappa shape index (κ2) is 5.86. The molecular weight excluding hydrogens is 224 g/mol. The van der Waals surface area contributed by atoms with E-state index in [9.17, 15) is 8.42 Å². The normalized spacial score (nSPS) is 11.4. The average molecular weight is 242 g/mol. The van der Waals surface area contributed by atoms with Gasteiger partial charge in [0.15, 0.2) is 0 Å². The lowest BCUT2D eigenvalue weighted by atomic mass is 10.3.